The molecule has 2 aromatic carbocycles. The number of para-hydroxylation sites is 1. The topological polar surface area (TPSA) is 46.5 Å². The highest BCUT2D eigenvalue weighted by Crippen LogP contribution is 2.47. The molecular weight excluding hydrogens is 235 g/mol. The molecule has 1 aliphatic heterocycles. The fourth-order valence-electron chi connectivity index (χ4n) is 2.20. The number of rotatable bonds is 1. The number of carbonyl (C=O) groups excluding carboxylic acids is 1. The van der Waals surface area contributed by atoms with E-state index in [2.05, 4.69) is 0 Å². The molecule has 1 N–H and O–H groups in total. The average molecular weight is 244 g/mol. The molecule has 0 aromatic heterocycles. The zero-order valence-corrected chi connectivity index (χ0v) is 9.26. The highest BCUT2D eigenvalue weighted by Gasteiger charge is 2.31. The van der Waals surface area contributed by atoms with Crippen LogP contribution in [0.25, 0.3) is 0 Å². The van der Waals surface area contributed by atoms with Crippen LogP contribution in [-0.2, 0) is 4.79 Å². The molecule has 0 amide bonds. The molecule has 0 radical (unpaired) electrons. The Balaban J connectivity index is 2.30. The normalized spacial score (nSPS) is 16.4. The molecule has 2 aromatic rings. The third-order valence-electron chi connectivity index (χ3n) is 3.04. The molecule has 0 spiro atoms. The molecule has 0 saturated carbocycles. The lowest BCUT2D eigenvalue weighted by atomic mass is 9.88. The molecular formula is C14H9FO3. The summed E-state index contributed by atoms with van der Waals surface area (Å²) in [6, 6.07) is 9.23. The van der Waals surface area contributed by atoms with Crippen molar-refractivity contribution in [2.45, 2.75) is 5.92 Å². The summed E-state index contributed by atoms with van der Waals surface area (Å²) >= 11 is 0. The second kappa shape index (κ2) is 3.84. The van der Waals surface area contributed by atoms with Gasteiger partial charge in [0.1, 0.15) is 17.9 Å². The first-order chi connectivity index (χ1) is 8.72. The van der Waals surface area contributed by atoms with Crippen LogP contribution in [0.4, 0.5) is 4.39 Å². The Morgan fingerprint density at radius 3 is 2.78 bits per heavy atom. The van der Waals surface area contributed by atoms with E-state index in [1.807, 2.05) is 0 Å². The van der Waals surface area contributed by atoms with Crippen LogP contribution in [0.1, 0.15) is 17.0 Å². The van der Waals surface area contributed by atoms with E-state index < -0.39 is 11.7 Å². The highest BCUT2D eigenvalue weighted by atomic mass is 19.1. The standard InChI is InChI=1S/C14H9FO3/c15-10-5-6-11(17)14-13(10)9(7-16)8-3-1-2-4-12(8)18-14/h1-7,9,17H. The number of fused-ring (bicyclic) bond motifs is 2. The van der Waals surface area contributed by atoms with Crippen LogP contribution in [0.5, 0.6) is 17.2 Å². The van der Waals surface area contributed by atoms with Crippen LogP contribution in [0.2, 0.25) is 0 Å². The lowest BCUT2D eigenvalue weighted by molar-refractivity contribution is -0.108. The number of carbonyl (C=O) groups is 1. The molecule has 1 atom stereocenters. The van der Waals surface area contributed by atoms with Crippen LogP contribution in [0.15, 0.2) is 36.4 Å². The van der Waals surface area contributed by atoms with Gasteiger partial charge >= 0.3 is 0 Å². The predicted octanol–water partition coefficient (Wildman–Crippen LogP) is 2.97. The Morgan fingerprint density at radius 1 is 1.22 bits per heavy atom. The summed E-state index contributed by atoms with van der Waals surface area (Å²) in [6.45, 7) is 0. The van der Waals surface area contributed by atoms with Gasteiger partial charge in [-0.3, -0.25) is 0 Å². The molecule has 1 aliphatic rings. The van der Waals surface area contributed by atoms with Crippen LogP contribution in [-0.4, -0.2) is 11.4 Å². The maximum Gasteiger partial charge on any atom is 0.176 e. The van der Waals surface area contributed by atoms with Crippen molar-refractivity contribution in [3.8, 4) is 17.2 Å². The maximum atomic E-state index is 13.8. The van der Waals surface area contributed by atoms with Gasteiger partial charge in [0.25, 0.3) is 0 Å². The monoisotopic (exact) mass is 244 g/mol. The number of aldehydes is 1. The summed E-state index contributed by atoms with van der Waals surface area (Å²) in [6.07, 6.45) is 0.655. The van der Waals surface area contributed by atoms with E-state index in [9.17, 15) is 14.3 Å². The second-order valence-electron chi connectivity index (χ2n) is 4.06. The molecule has 1 unspecified atom stereocenters. The molecule has 18 heavy (non-hydrogen) atoms. The van der Waals surface area contributed by atoms with Crippen molar-refractivity contribution in [2.75, 3.05) is 0 Å². The molecule has 90 valence electrons. The SMILES string of the molecule is O=CC1c2ccccc2Oc2c(O)ccc(F)c21. The summed E-state index contributed by atoms with van der Waals surface area (Å²) in [5.41, 5.74) is 0.688. The molecule has 3 nitrogen and oxygen atoms in total. The fraction of sp³-hybridized carbons (Fsp3) is 0.0714. The van der Waals surface area contributed by atoms with E-state index in [-0.39, 0.29) is 17.1 Å². The minimum Gasteiger partial charge on any atom is -0.504 e. The Hall–Kier alpha value is -2.36. The van der Waals surface area contributed by atoms with Gasteiger partial charge in [0.2, 0.25) is 0 Å². The minimum atomic E-state index is -0.753. The Kier molecular flexibility index (Phi) is 2.30. The van der Waals surface area contributed by atoms with Gasteiger partial charge < -0.3 is 14.6 Å². The summed E-state index contributed by atoms with van der Waals surface area (Å²) in [4.78, 5) is 11.2. The first-order valence-electron chi connectivity index (χ1n) is 5.46. The van der Waals surface area contributed by atoms with E-state index in [1.54, 1.807) is 24.3 Å². The quantitative estimate of drug-likeness (QED) is 0.784. The first kappa shape index (κ1) is 10.8. The van der Waals surface area contributed by atoms with Crippen LogP contribution in [0.3, 0.4) is 0 Å². The highest BCUT2D eigenvalue weighted by molar-refractivity contribution is 5.75. The lowest BCUT2D eigenvalue weighted by Gasteiger charge is -2.25. The van der Waals surface area contributed by atoms with Gasteiger partial charge in [-0.1, -0.05) is 18.2 Å². The van der Waals surface area contributed by atoms with E-state index in [0.29, 0.717) is 17.6 Å². The Labute approximate surface area is 102 Å². The number of phenols is 1. The molecule has 4 heteroatoms. The molecule has 0 aliphatic carbocycles. The van der Waals surface area contributed by atoms with Gasteiger partial charge in [-0.2, -0.15) is 0 Å². The third kappa shape index (κ3) is 1.39. The zero-order chi connectivity index (χ0) is 12.7. The third-order valence-corrected chi connectivity index (χ3v) is 3.04. The minimum absolute atomic E-state index is 0.0193. The second-order valence-corrected chi connectivity index (χ2v) is 4.06. The summed E-state index contributed by atoms with van der Waals surface area (Å²) in [7, 11) is 0. The van der Waals surface area contributed by atoms with Crippen molar-refractivity contribution in [3.63, 3.8) is 0 Å². The van der Waals surface area contributed by atoms with Gasteiger partial charge in [-0.25, -0.2) is 4.39 Å². The van der Waals surface area contributed by atoms with Crippen LogP contribution < -0.4 is 4.74 Å². The summed E-state index contributed by atoms with van der Waals surface area (Å²) in [5, 5.41) is 9.71. The lowest BCUT2D eigenvalue weighted by Crippen LogP contribution is -2.13. The molecule has 0 saturated heterocycles. The van der Waals surface area contributed by atoms with Crippen molar-refractivity contribution in [3.05, 3.63) is 53.3 Å². The molecule has 3 rings (SSSR count). The van der Waals surface area contributed by atoms with Gasteiger partial charge in [-0.15, -0.1) is 0 Å². The van der Waals surface area contributed by atoms with Crippen molar-refractivity contribution in [2.24, 2.45) is 0 Å². The number of halogens is 1. The number of benzene rings is 2. The summed E-state index contributed by atoms with van der Waals surface area (Å²) in [5.74, 6) is -1.01. The van der Waals surface area contributed by atoms with Crippen molar-refractivity contribution < 1.29 is 19.0 Å². The van der Waals surface area contributed by atoms with Gasteiger partial charge in [0.05, 0.1) is 5.92 Å². The average Bonchev–Trinajstić information content (AvgIpc) is 2.41. The molecule has 0 fully saturated rings. The Morgan fingerprint density at radius 2 is 2.00 bits per heavy atom. The zero-order valence-electron chi connectivity index (χ0n) is 9.26. The van der Waals surface area contributed by atoms with E-state index in [0.717, 1.165) is 6.07 Å². The van der Waals surface area contributed by atoms with Crippen LogP contribution in [0, 0.1) is 5.82 Å². The van der Waals surface area contributed by atoms with Gasteiger partial charge in [0.15, 0.2) is 11.5 Å². The van der Waals surface area contributed by atoms with Crippen molar-refractivity contribution in [1.29, 1.82) is 0 Å². The van der Waals surface area contributed by atoms with E-state index >= 15 is 0 Å². The van der Waals surface area contributed by atoms with Crippen LogP contribution >= 0.6 is 0 Å². The van der Waals surface area contributed by atoms with E-state index in [1.165, 1.54) is 6.07 Å². The predicted molar refractivity (Wildman–Crippen MR) is 62.5 cm³/mol. The molecule has 1 heterocycles. The number of ether oxygens (including phenoxy) is 1. The first-order valence-corrected chi connectivity index (χ1v) is 5.46. The van der Waals surface area contributed by atoms with Gasteiger partial charge in [0, 0.05) is 11.1 Å². The largest absolute Gasteiger partial charge is 0.504 e. The number of phenolic OH excluding ortho intramolecular Hbond substituents is 1. The maximum absolute atomic E-state index is 13.8. The smallest absolute Gasteiger partial charge is 0.176 e. The number of hydrogen-bond acceptors (Lipinski definition) is 3. The Bertz CT molecular complexity index is 637. The fourth-order valence-corrected chi connectivity index (χ4v) is 2.20. The van der Waals surface area contributed by atoms with Crippen molar-refractivity contribution in [1.82, 2.24) is 0 Å². The summed E-state index contributed by atoms with van der Waals surface area (Å²) < 4.78 is 19.3. The van der Waals surface area contributed by atoms with Crippen molar-refractivity contribution >= 4 is 6.29 Å². The molecule has 0 bridgehead atoms. The van der Waals surface area contributed by atoms with Gasteiger partial charge in [-0.05, 0) is 18.2 Å². The number of aromatic hydroxyl groups is 1. The van der Waals surface area contributed by atoms with E-state index in [4.69, 9.17) is 4.74 Å². The number of hydrogen-bond donors (Lipinski definition) is 1.